The van der Waals surface area contributed by atoms with Crippen LogP contribution in [0.4, 0.5) is 0 Å². The average molecular weight is 297 g/mol. The molecule has 0 saturated carbocycles. The number of thioether (sulfide) groups is 2. The van der Waals surface area contributed by atoms with Gasteiger partial charge in [0.1, 0.15) is 0 Å². The third-order valence-electron chi connectivity index (χ3n) is 3.84. The van der Waals surface area contributed by atoms with Crippen molar-refractivity contribution in [3.63, 3.8) is 0 Å². The zero-order chi connectivity index (χ0) is 13.8. The largest absolute Gasteiger partial charge is 0.271 e. The van der Waals surface area contributed by atoms with Gasteiger partial charge in [-0.3, -0.25) is 11.3 Å². The van der Waals surface area contributed by atoms with Gasteiger partial charge in [0.25, 0.3) is 0 Å². The molecule has 19 heavy (non-hydrogen) atoms. The highest BCUT2D eigenvalue weighted by atomic mass is 32.2. The van der Waals surface area contributed by atoms with Crippen LogP contribution in [0.25, 0.3) is 0 Å². The minimum atomic E-state index is 0.249. The van der Waals surface area contributed by atoms with Gasteiger partial charge >= 0.3 is 0 Å². The second-order valence-electron chi connectivity index (χ2n) is 5.16. The lowest BCUT2D eigenvalue weighted by molar-refractivity contribution is 0.549. The highest BCUT2D eigenvalue weighted by molar-refractivity contribution is 8.07. The summed E-state index contributed by atoms with van der Waals surface area (Å²) in [5, 5.41) is 1.98. The fourth-order valence-electron chi connectivity index (χ4n) is 2.41. The standard InChI is InChI=1S/C15H24N2S2/c1-4-12-6-5-7-13(8-12)15(17-16)14-9-18-10(2)11(3)19-14/h5-8,10-11,14-15,17H,4,9,16H2,1-3H3. The van der Waals surface area contributed by atoms with Crippen molar-refractivity contribution in [2.75, 3.05) is 5.75 Å². The molecule has 3 N–H and O–H groups in total. The van der Waals surface area contributed by atoms with Crippen LogP contribution in [0.15, 0.2) is 24.3 Å². The van der Waals surface area contributed by atoms with Gasteiger partial charge in [0.05, 0.1) is 6.04 Å². The number of aryl methyl sites for hydroxylation is 1. The Kier molecular flexibility index (Phi) is 5.63. The van der Waals surface area contributed by atoms with E-state index in [0.717, 1.165) is 11.7 Å². The molecule has 1 aromatic carbocycles. The summed E-state index contributed by atoms with van der Waals surface area (Å²) in [6, 6.07) is 9.06. The van der Waals surface area contributed by atoms with Crippen molar-refractivity contribution in [2.24, 2.45) is 5.84 Å². The summed E-state index contributed by atoms with van der Waals surface area (Å²) in [6.45, 7) is 6.84. The maximum atomic E-state index is 5.83. The van der Waals surface area contributed by atoms with Crippen molar-refractivity contribution in [1.82, 2.24) is 5.43 Å². The molecule has 1 saturated heterocycles. The minimum absolute atomic E-state index is 0.249. The molecule has 1 fully saturated rings. The van der Waals surface area contributed by atoms with Crippen molar-refractivity contribution < 1.29 is 0 Å². The van der Waals surface area contributed by atoms with Crippen LogP contribution < -0.4 is 11.3 Å². The number of rotatable bonds is 4. The van der Waals surface area contributed by atoms with Crippen LogP contribution >= 0.6 is 23.5 Å². The molecule has 2 rings (SSSR count). The van der Waals surface area contributed by atoms with E-state index in [0.29, 0.717) is 10.5 Å². The van der Waals surface area contributed by atoms with Crippen LogP contribution in [0, 0.1) is 0 Å². The molecular formula is C15H24N2S2. The van der Waals surface area contributed by atoms with E-state index in [4.69, 9.17) is 5.84 Å². The molecular weight excluding hydrogens is 272 g/mol. The molecule has 2 nitrogen and oxygen atoms in total. The lowest BCUT2D eigenvalue weighted by atomic mass is 10.0. The number of nitrogens with one attached hydrogen (secondary N) is 1. The normalized spacial score (nSPS) is 29.2. The third kappa shape index (κ3) is 3.69. The molecule has 0 aliphatic carbocycles. The van der Waals surface area contributed by atoms with Crippen LogP contribution in [0.2, 0.25) is 0 Å². The second-order valence-corrected chi connectivity index (χ2v) is 8.19. The van der Waals surface area contributed by atoms with Gasteiger partial charge in [-0.15, -0.1) is 0 Å². The maximum Gasteiger partial charge on any atom is 0.0586 e. The van der Waals surface area contributed by atoms with Crippen molar-refractivity contribution >= 4 is 23.5 Å². The molecule has 106 valence electrons. The van der Waals surface area contributed by atoms with Crippen LogP contribution in [0.3, 0.4) is 0 Å². The number of hydrogen-bond donors (Lipinski definition) is 2. The van der Waals surface area contributed by atoms with E-state index < -0.39 is 0 Å². The first-order valence-corrected chi connectivity index (χ1v) is 8.97. The molecule has 0 amide bonds. The highest BCUT2D eigenvalue weighted by Gasteiger charge is 2.31. The van der Waals surface area contributed by atoms with E-state index in [2.05, 4.69) is 74.0 Å². The van der Waals surface area contributed by atoms with Crippen molar-refractivity contribution in [1.29, 1.82) is 0 Å². The first-order valence-electron chi connectivity index (χ1n) is 6.97. The predicted molar refractivity (Wildman–Crippen MR) is 88.6 cm³/mol. The van der Waals surface area contributed by atoms with Gasteiger partial charge in [-0.2, -0.15) is 23.5 Å². The van der Waals surface area contributed by atoms with Gasteiger partial charge in [-0.1, -0.05) is 45.0 Å². The molecule has 1 aliphatic heterocycles. The molecule has 0 bridgehead atoms. The van der Waals surface area contributed by atoms with Crippen LogP contribution in [0.5, 0.6) is 0 Å². The molecule has 4 atom stereocenters. The predicted octanol–water partition coefficient (Wildman–Crippen LogP) is 3.38. The lowest BCUT2D eigenvalue weighted by Gasteiger charge is -2.35. The van der Waals surface area contributed by atoms with E-state index >= 15 is 0 Å². The first-order chi connectivity index (χ1) is 9.15. The maximum absolute atomic E-state index is 5.83. The SMILES string of the molecule is CCc1cccc(C(NN)C2CSC(C)C(C)S2)c1. The van der Waals surface area contributed by atoms with Gasteiger partial charge in [0.15, 0.2) is 0 Å². The number of nitrogens with two attached hydrogens (primary N) is 1. The molecule has 0 radical (unpaired) electrons. The van der Waals surface area contributed by atoms with E-state index in [1.54, 1.807) is 0 Å². The zero-order valence-electron chi connectivity index (χ0n) is 11.9. The quantitative estimate of drug-likeness (QED) is 0.660. The van der Waals surface area contributed by atoms with Gasteiger partial charge in [0, 0.05) is 21.5 Å². The summed E-state index contributed by atoms with van der Waals surface area (Å²) in [5.41, 5.74) is 5.74. The Hall–Kier alpha value is -0.160. The molecule has 0 aromatic heterocycles. The third-order valence-corrected chi connectivity index (χ3v) is 7.34. The first kappa shape index (κ1) is 15.2. The monoisotopic (exact) mass is 296 g/mol. The van der Waals surface area contributed by atoms with Crippen LogP contribution in [-0.4, -0.2) is 21.5 Å². The van der Waals surface area contributed by atoms with E-state index in [1.807, 2.05) is 0 Å². The average Bonchev–Trinajstić information content (AvgIpc) is 2.44. The fraction of sp³-hybridized carbons (Fsp3) is 0.600. The topological polar surface area (TPSA) is 38.0 Å². The molecule has 4 unspecified atom stereocenters. The number of benzene rings is 1. The van der Waals surface area contributed by atoms with Gasteiger partial charge in [0.2, 0.25) is 0 Å². The Bertz CT molecular complexity index is 411. The lowest BCUT2D eigenvalue weighted by Crippen LogP contribution is -2.40. The van der Waals surface area contributed by atoms with Gasteiger partial charge in [-0.25, -0.2) is 0 Å². The Balaban J connectivity index is 2.15. The van der Waals surface area contributed by atoms with Crippen molar-refractivity contribution in [3.8, 4) is 0 Å². The molecule has 1 heterocycles. The Morgan fingerprint density at radius 2 is 2.16 bits per heavy atom. The summed E-state index contributed by atoms with van der Waals surface area (Å²) >= 11 is 4.14. The molecule has 0 spiro atoms. The van der Waals surface area contributed by atoms with E-state index in [1.165, 1.54) is 16.9 Å². The highest BCUT2D eigenvalue weighted by Crippen LogP contribution is 2.40. The van der Waals surface area contributed by atoms with E-state index in [-0.39, 0.29) is 6.04 Å². The van der Waals surface area contributed by atoms with E-state index in [9.17, 15) is 0 Å². The Labute approximate surface area is 125 Å². The Morgan fingerprint density at radius 1 is 1.37 bits per heavy atom. The summed E-state index contributed by atoms with van der Waals surface area (Å²) in [6.07, 6.45) is 1.07. The van der Waals surface area contributed by atoms with Crippen molar-refractivity contribution in [3.05, 3.63) is 35.4 Å². The smallest absolute Gasteiger partial charge is 0.0586 e. The fourth-order valence-corrected chi connectivity index (χ4v) is 5.51. The minimum Gasteiger partial charge on any atom is -0.271 e. The summed E-state index contributed by atoms with van der Waals surface area (Å²) in [4.78, 5) is 0. The van der Waals surface area contributed by atoms with Crippen molar-refractivity contribution in [2.45, 2.75) is 49.0 Å². The summed E-state index contributed by atoms with van der Waals surface area (Å²) in [5.74, 6) is 7.00. The molecule has 1 aromatic rings. The zero-order valence-corrected chi connectivity index (χ0v) is 13.6. The van der Waals surface area contributed by atoms with Crippen LogP contribution in [0.1, 0.15) is 37.9 Å². The summed E-state index contributed by atoms with van der Waals surface area (Å²) in [7, 11) is 0. The second kappa shape index (κ2) is 7.02. The number of hydrogen-bond acceptors (Lipinski definition) is 4. The Morgan fingerprint density at radius 3 is 2.79 bits per heavy atom. The number of hydrazine groups is 1. The van der Waals surface area contributed by atoms with Crippen LogP contribution in [-0.2, 0) is 6.42 Å². The van der Waals surface area contributed by atoms with Gasteiger partial charge in [-0.05, 0) is 17.5 Å². The molecule has 4 heteroatoms. The van der Waals surface area contributed by atoms with Gasteiger partial charge < -0.3 is 0 Å². The summed E-state index contributed by atoms with van der Waals surface area (Å²) < 4.78 is 0. The molecule has 1 aliphatic rings.